The third kappa shape index (κ3) is 7.89. The molecule has 5 heterocycles. The quantitative estimate of drug-likeness (QED) is 0.207. The van der Waals surface area contributed by atoms with Gasteiger partial charge in [-0.25, -0.2) is 15.3 Å². The molecule has 0 aromatic carbocycles. The van der Waals surface area contributed by atoms with Gasteiger partial charge in [0.2, 0.25) is 0 Å². The van der Waals surface area contributed by atoms with E-state index in [1.54, 1.807) is 32.4 Å². The van der Waals surface area contributed by atoms with Crippen molar-refractivity contribution in [3.05, 3.63) is 98.9 Å². The SMILES string of the molecule is C=C1C[C@@H]2O[C@@H]([CH]C=C2C)[C@H]1OCC.[C-]#[O+].[C-]#[O+].[Mo].c1cnn([B-](n2cccn2)n2cccn2)c1. The fraction of sp³-hybridized carbons (Fsp3) is 0.304. The zero-order valence-corrected chi connectivity index (χ0v) is 21.5. The predicted octanol–water partition coefficient (Wildman–Crippen LogP) is 2.40. The van der Waals surface area contributed by atoms with Crippen LogP contribution < -0.4 is 0 Å². The molecule has 35 heavy (non-hydrogen) atoms. The van der Waals surface area contributed by atoms with E-state index in [-0.39, 0.29) is 46.5 Å². The number of hydrogen-bond donors (Lipinski definition) is 0. The second-order valence-electron chi connectivity index (χ2n) is 7.24. The largest absolute Gasteiger partial charge is 0.425 e. The van der Waals surface area contributed by atoms with Crippen molar-refractivity contribution in [3.63, 3.8) is 0 Å². The number of rotatable bonds is 5. The van der Waals surface area contributed by atoms with Gasteiger partial charge >= 0.3 is 22.6 Å². The van der Waals surface area contributed by atoms with Crippen molar-refractivity contribution in [2.75, 3.05) is 6.61 Å². The van der Waals surface area contributed by atoms with Crippen LogP contribution in [0.1, 0.15) is 20.3 Å². The van der Waals surface area contributed by atoms with Crippen molar-refractivity contribution in [2.45, 2.75) is 38.6 Å². The third-order valence-electron chi connectivity index (χ3n) is 5.16. The molecule has 10 nitrogen and oxygen atoms in total. The Balaban J connectivity index is 0.000000301. The average Bonchev–Trinajstić information content (AvgIpc) is 3.67. The fourth-order valence-corrected chi connectivity index (χ4v) is 3.67. The monoisotopic (exact) mass is 559 g/mol. The number of aromatic nitrogens is 6. The molecule has 2 aliphatic heterocycles. The molecule has 2 bridgehead atoms. The Bertz CT molecular complexity index is 963. The van der Waals surface area contributed by atoms with Crippen LogP contribution in [-0.4, -0.2) is 61.1 Å². The maximum atomic E-state index is 7.50. The normalized spacial score (nSPS) is 19.9. The van der Waals surface area contributed by atoms with Crippen LogP contribution in [0.15, 0.2) is 79.2 Å². The molecule has 0 amide bonds. The van der Waals surface area contributed by atoms with Crippen LogP contribution in [0.3, 0.4) is 0 Å². The third-order valence-corrected chi connectivity index (χ3v) is 5.16. The minimum absolute atomic E-state index is 0. The molecule has 2 radical (unpaired) electrons. The first-order valence-corrected chi connectivity index (χ1v) is 10.5. The Morgan fingerprint density at radius 3 is 1.91 bits per heavy atom. The maximum Gasteiger partial charge on any atom is 0.260 e. The van der Waals surface area contributed by atoms with Crippen LogP contribution in [0.5, 0.6) is 0 Å². The van der Waals surface area contributed by atoms with E-state index in [4.69, 9.17) is 18.8 Å². The first-order valence-electron chi connectivity index (χ1n) is 10.5. The first-order chi connectivity index (χ1) is 16.7. The molecular formula is C23H26BMoN6O4-. The van der Waals surface area contributed by atoms with Gasteiger partial charge < -0.3 is 23.3 Å². The molecule has 3 aromatic heterocycles. The van der Waals surface area contributed by atoms with Gasteiger partial charge in [0.25, 0.3) is 7.12 Å². The summed E-state index contributed by atoms with van der Waals surface area (Å²) >= 11 is 0. The second kappa shape index (κ2) is 16.0. The molecule has 0 N–H and O–H groups in total. The van der Waals surface area contributed by atoms with Gasteiger partial charge in [0.1, 0.15) is 6.10 Å². The Morgan fingerprint density at radius 1 is 1.03 bits per heavy atom. The van der Waals surface area contributed by atoms with Crippen molar-refractivity contribution in [3.8, 4) is 0 Å². The molecule has 5 rings (SSSR count). The smallest absolute Gasteiger partial charge is 0.260 e. The summed E-state index contributed by atoms with van der Waals surface area (Å²) in [6, 6.07) is 5.62. The van der Waals surface area contributed by atoms with Crippen LogP contribution >= 0.6 is 0 Å². The molecule has 2 aliphatic rings. The summed E-state index contributed by atoms with van der Waals surface area (Å²) in [7, 11) is -0.194. The first kappa shape index (κ1) is 30.3. The van der Waals surface area contributed by atoms with Gasteiger partial charge in [-0.3, -0.25) is 0 Å². The summed E-state index contributed by atoms with van der Waals surface area (Å²) in [5.74, 6) is 0. The predicted molar refractivity (Wildman–Crippen MR) is 122 cm³/mol. The van der Waals surface area contributed by atoms with Crippen LogP contribution in [0, 0.1) is 19.7 Å². The average molecular weight is 557 g/mol. The van der Waals surface area contributed by atoms with Crippen molar-refractivity contribution in [1.82, 2.24) is 29.1 Å². The summed E-state index contributed by atoms with van der Waals surface area (Å²) in [6.45, 7) is 17.9. The van der Waals surface area contributed by atoms with Gasteiger partial charge in [-0.05, 0) is 61.8 Å². The second-order valence-corrected chi connectivity index (χ2v) is 7.24. The molecule has 182 valence electrons. The summed E-state index contributed by atoms with van der Waals surface area (Å²) in [6.07, 6.45) is 16.3. The fourth-order valence-electron chi connectivity index (χ4n) is 3.67. The Labute approximate surface area is 219 Å². The van der Waals surface area contributed by atoms with Gasteiger partial charge in [-0.2, -0.15) is 0 Å². The molecule has 0 aliphatic carbocycles. The van der Waals surface area contributed by atoms with Gasteiger partial charge in [-0.15, -0.1) is 0 Å². The van der Waals surface area contributed by atoms with Crippen molar-refractivity contribution in [2.24, 2.45) is 0 Å². The maximum absolute atomic E-state index is 7.50. The minimum atomic E-state index is -0.194. The molecule has 1 fully saturated rings. The van der Waals surface area contributed by atoms with Crippen LogP contribution in [0.2, 0.25) is 0 Å². The number of nitrogens with zero attached hydrogens (tertiary/aromatic N) is 6. The molecule has 1 saturated heterocycles. The van der Waals surface area contributed by atoms with E-state index in [0.29, 0.717) is 6.61 Å². The number of hydrogen-bond acceptors (Lipinski definition) is 5. The van der Waals surface area contributed by atoms with Crippen LogP contribution in [0.25, 0.3) is 0 Å². The summed E-state index contributed by atoms with van der Waals surface area (Å²) in [5, 5.41) is 12.7. The van der Waals surface area contributed by atoms with Crippen LogP contribution in [-0.2, 0) is 39.8 Å². The van der Waals surface area contributed by atoms with E-state index < -0.39 is 0 Å². The van der Waals surface area contributed by atoms with Gasteiger partial charge in [0.15, 0.2) is 0 Å². The van der Waals surface area contributed by atoms with Gasteiger partial charge in [0.05, 0.1) is 12.2 Å². The molecule has 0 unspecified atom stereocenters. The molecule has 12 heteroatoms. The Morgan fingerprint density at radius 2 is 1.51 bits per heavy atom. The minimum Gasteiger partial charge on any atom is -0.425 e. The Kier molecular flexibility index (Phi) is 13.9. The van der Waals surface area contributed by atoms with E-state index >= 15 is 0 Å². The summed E-state index contributed by atoms with van der Waals surface area (Å²) in [5.41, 5.74) is 2.45. The molecule has 3 atom stereocenters. The van der Waals surface area contributed by atoms with Gasteiger partial charge in [-0.1, -0.05) is 12.7 Å². The topological polar surface area (TPSA) is 112 Å². The zero-order chi connectivity index (χ0) is 24.9. The molecule has 0 spiro atoms. The van der Waals surface area contributed by atoms with Crippen LogP contribution in [0.4, 0.5) is 0 Å². The van der Waals surface area contributed by atoms with E-state index in [1.807, 2.05) is 43.7 Å². The zero-order valence-electron chi connectivity index (χ0n) is 19.5. The Hall–Kier alpha value is -2.74. The van der Waals surface area contributed by atoms with E-state index in [1.165, 1.54) is 5.57 Å². The standard InChI is InChI=1S/C12H17O2.C9H9BN6.2CO.Mo/c1-4-13-12-9(3)7-11-8(2)5-6-10(12)14-11;1-4-11-14(7-1)10(15-8-2-5-12-15)16-9-3-6-13-16;2*1-2;/h5-6,10-12H,3-4,7H2,1-2H3;1-9H;;;/q;-1;;;/t10-,11-,12-;;;;/m0..../s1. The number of fused-ring (bicyclic) bond motifs is 2. The molecule has 0 saturated carbocycles. The van der Waals surface area contributed by atoms with E-state index in [2.05, 4.69) is 54.6 Å². The van der Waals surface area contributed by atoms with E-state index in [9.17, 15) is 0 Å². The van der Waals surface area contributed by atoms with Crippen molar-refractivity contribution in [1.29, 1.82) is 0 Å². The number of ether oxygens (including phenoxy) is 2. The molecule has 3 aromatic rings. The van der Waals surface area contributed by atoms with E-state index in [0.717, 1.165) is 12.0 Å². The summed E-state index contributed by atoms with van der Waals surface area (Å²) in [4.78, 5) is 0. The van der Waals surface area contributed by atoms with Gasteiger partial charge in [0, 0.05) is 59.1 Å². The molecular weight excluding hydrogens is 531 g/mol. The van der Waals surface area contributed by atoms with Crippen molar-refractivity contribution < 1.29 is 39.8 Å². The van der Waals surface area contributed by atoms with Crippen molar-refractivity contribution >= 4 is 7.12 Å². The summed E-state index contributed by atoms with van der Waals surface area (Å²) < 4.78 is 31.9.